The molecule has 0 saturated heterocycles. The Labute approximate surface area is 103 Å². The van der Waals surface area contributed by atoms with Gasteiger partial charge in [-0.3, -0.25) is 4.90 Å². The van der Waals surface area contributed by atoms with Gasteiger partial charge in [-0.2, -0.15) is 0 Å². The molecule has 1 fully saturated rings. The number of hydrogen-bond donors (Lipinski definition) is 0. The SMILES string of the molecule is COCCN(Cc1sccc1Br)C1CC1. The zero-order chi connectivity index (χ0) is 10.7. The molecule has 2 nitrogen and oxygen atoms in total. The average molecular weight is 290 g/mol. The quantitative estimate of drug-likeness (QED) is 0.798. The molecule has 15 heavy (non-hydrogen) atoms. The van der Waals surface area contributed by atoms with Crippen molar-refractivity contribution in [3.8, 4) is 0 Å². The van der Waals surface area contributed by atoms with E-state index in [1.807, 2.05) is 11.3 Å². The van der Waals surface area contributed by atoms with E-state index in [2.05, 4.69) is 32.3 Å². The number of ether oxygens (including phenoxy) is 1. The van der Waals surface area contributed by atoms with E-state index in [9.17, 15) is 0 Å². The minimum absolute atomic E-state index is 0.800. The summed E-state index contributed by atoms with van der Waals surface area (Å²) < 4.78 is 6.40. The van der Waals surface area contributed by atoms with E-state index < -0.39 is 0 Å². The number of methoxy groups -OCH3 is 1. The highest BCUT2D eigenvalue weighted by atomic mass is 79.9. The molecule has 84 valence electrons. The first-order valence-corrected chi connectivity index (χ1v) is 6.93. The number of rotatable bonds is 6. The van der Waals surface area contributed by atoms with E-state index in [-0.39, 0.29) is 0 Å². The van der Waals surface area contributed by atoms with Crippen LogP contribution in [0.4, 0.5) is 0 Å². The van der Waals surface area contributed by atoms with Crippen molar-refractivity contribution in [3.05, 3.63) is 20.8 Å². The van der Waals surface area contributed by atoms with Crippen molar-refractivity contribution < 1.29 is 4.74 Å². The third-order valence-electron chi connectivity index (χ3n) is 2.68. The van der Waals surface area contributed by atoms with Gasteiger partial charge in [-0.05, 0) is 40.2 Å². The zero-order valence-corrected chi connectivity index (χ0v) is 11.3. The largest absolute Gasteiger partial charge is 0.383 e. The van der Waals surface area contributed by atoms with Gasteiger partial charge >= 0.3 is 0 Å². The Bertz CT molecular complexity index is 311. The Hall–Kier alpha value is 0.100. The number of thiophene rings is 1. The molecule has 0 N–H and O–H groups in total. The molecule has 1 aromatic rings. The van der Waals surface area contributed by atoms with Gasteiger partial charge in [-0.15, -0.1) is 11.3 Å². The normalized spacial score (nSPS) is 16.2. The van der Waals surface area contributed by atoms with Crippen LogP contribution in [0, 0.1) is 0 Å². The standard InChI is InChI=1S/C11H16BrNOS/c1-14-6-5-13(9-2-3-9)8-11-10(12)4-7-15-11/h4,7,9H,2-3,5-6,8H2,1H3. The fourth-order valence-corrected chi connectivity index (χ4v) is 3.16. The fourth-order valence-electron chi connectivity index (χ4n) is 1.66. The summed E-state index contributed by atoms with van der Waals surface area (Å²) in [6.45, 7) is 2.94. The van der Waals surface area contributed by atoms with Gasteiger partial charge in [0.1, 0.15) is 0 Å². The Morgan fingerprint density at radius 3 is 2.93 bits per heavy atom. The molecule has 0 bridgehead atoms. The van der Waals surface area contributed by atoms with E-state index in [4.69, 9.17) is 4.74 Å². The minimum Gasteiger partial charge on any atom is -0.383 e. The van der Waals surface area contributed by atoms with Gasteiger partial charge in [0.2, 0.25) is 0 Å². The van der Waals surface area contributed by atoms with E-state index in [0.29, 0.717) is 0 Å². The smallest absolute Gasteiger partial charge is 0.0589 e. The Morgan fingerprint density at radius 1 is 1.60 bits per heavy atom. The molecule has 2 rings (SSSR count). The van der Waals surface area contributed by atoms with Crippen molar-refractivity contribution in [2.45, 2.75) is 25.4 Å². The molecule has 1 heterocycles. The molecule has 1 aliphatic rings. The zero-order valence-electron chi connectivity index (χ0n) is 8.91. The minimum atomic E-state index is 0.800. The molecule has 0 atom stereocenters. The van der Waals surface area contributed by atoms with Crippen LogP contribution in [-0.4, -0.2) is 31.2 Å². The molecule has 0 amide bonds. The van der Waals surface area contributed by atoms with Crippen molar-refractivity contribution in [2.75, 3.05) is 20.3 Å². The highest BCUT2D eigenvalue weighted by Gasteiger charge is 2.29. The third-order valence-corrected chi connectivity index (χ3v) is 4.59. The van der Waals surface area contributed by atoms with Gasteiger partial charge in [0, 0.05) is 35.6 Å². The monoisotopic (exact) mass is 289 g/mol. The summed E-state index contributed by atoms with van der Waals surface area (Å²) in [5, 5.41) is 2.14. The molecule has 0 radical (unpaired) electrons. The Morgan fingerprint density at radius 2 is 2.40 bits per heavy atom. The van der Waals surface area contributed by atoms with Crippen LogP contribution in [0.1, 0.15) is 17.7 Å². The first-order chi connectivity index (χ1) is 7.31. The highest BCUT2D eigenvalue weighted by molar-refractivity contribution is 9.10. The van der Waals surface area contributed by atoms with Crippen LogP contribution in [0.15, 0.2) is 15.9 Å². The fraction of sp³-hybridized carbons (Fsp3) is 0.636. The van der Waals surface area contributed by atoms with Crippen LogP contribution in [0.25, 0.3) is 0 Å². The number of nitrogens with zero attached hydrogens (tertiary/aromatic N) is 1. The van der Waals surface area contributed by atoms with Crippen molar-refractivity contribution in [1.82, 2.24) is 4.90 Å². The summed E-state index contributed by atoms with van der Waals surface area (Å²) in [7, 11) is 1.77. The summed E-state index contributed by atoms with van der Waals surface area (Å²) in [5.74, 6) is 0. The summed E-state index contributed by atoms with van der Waals surface area (Å²) in [4.78, 5) is 3.96. The summed E-state index contributed by atoms with van der Waals surface area (Å²) in [6.07, 6.45) is 2.71. The molecule has 0 spiro atoms. The summed E-state index contributed by atoms with van der Waals surface area (Å²) in [5.41, 5.74) is 0. The van der Waals surface area contributed by atoms with Gasteiger partial charge in [-0.25, -0.2) is 0 Å². The van der Waals surface area contributed by atoms with Crippen LogP contribution in [-0.2, 0) is 11.3 Å². The van der Waals surface area contributed by atoms with Gasteiger partial charge in [0.15, 0.2) is 0 Å². The summed E-state index contributed by atoms with van der Waals surface area (Å²) >= 11 is 5.41. The lowest BCUT2D eigenvalue weighted by atomic mass is 10.4. The van der Waals surface area contributed by atoms with Crippen molar-refractivity contribution in [3.63, 3.8) is 0 Å². The van der Waals surface area contributed by atoms with E-state index in [0.717, 1.165) is 25.7 Å². The van der Waals surface area contributed by atoms with Crippen LogP contribution in [0.2, 0.25) is 0 Å². The van der Waals surface area contributed by atoms with Gasteiger partial charge < -0.3 is 4.74 Å². The maximum absolute atomic E-state index is 5.15. The molecule has 0 aliphatic heterocycles. The Balaban J connectivity index is 1.91. The second kappa shape index (κ2) is 5.43. The second-order valence-corrected chi connectivity index (χ2v) is 5.74. The second-order valence-electron chi connectivity index (χ2n) is 3.89. The molecule has 4 heteroatoms. The highest BCUT2D eigenvalue weighted by Crippen LogP contribution is 2.31. The van der Waals surface area contributed by atoms with Crippen LogP contribution >= 0.6 is 27.3 Å². The third kappa shape index (κ3) is 3.28. The predicted molar refractivity (Wildman–Crippen MR) is 67.3 cm³/mol. The first kappa shape index (κ1) is 11.6. The maximum Gasteiger partial charge on any atom is 0.0589 e. The van der Waals surface area contributed by atoms with E-state index >= 15 is 0 Å². The van der Waals surface area contributed by atoms with E-state index in [1.165, 1.54) is 22.2 Å². The predicted octanol–water partition coefficient (Wildman–Crippen LogP) is 3.12. The van der Waals surface area contributed by atoms with Crippen molar-refractivity contribution in [2.24, 2.45) is 0 Å². The molecule has 1 aromatic heterocycles. The molecule has 0 unspecified atom stereocenters. The lowest BCUT2D eigenvalue weighted by molar-refractivity contribution is 0.140. The average Bonchev–Trinajstić information content (AvgIpc) is 2.99. The maximum atomic E-state index is 5.15. The van der Waals surface area contributed by atoms with Gasteiger partial charge in [0.25, 0.3) is 0 Å². The molecule has 0 aromatic carbocycles. The molecular weight excluding hydrogens is 274 g/mol. The summed E-state index contributed by atoms with van der Waals surface area (Å²) in [6, 6.07) is 2.93. The van der Waals surface area contributed by atoms with Crippen LogP contribution in [0.3, 0.4) is 0 Å². The van der Waals surface area contributed by atoms with Crippen LogP contribution in [0.5, 0.6) is 0 Å². The first-order valence-electron chi connectivity index (χ1n) is 5.26. The Kier molecular flexibility index (Phi) is 4.20. The lowest BCUT2D eigenvalue weighted by Gasteiger charge is -2.20. The van der Waals surface area contributed by atoms with Gasteiger partial charge in [-0.1, -0.05) is 0 Å². The molecule has 1 saturated carbocycles. The topological polar surface area (TPSA) is 12.5 Å². The van der Waals surface area contributed by atoms with Crippen molar-refractivity contribution in [1.29, 1.82) is 0 Å². The molecule has 1 aliphatic carbocycles. The van der Waals surface area contributed by atoms with Crippen LogP contribution < -0.4 is 0 Å². The molecular formula is C11H16BrNOS. The van der Waals surface area contributed by atoms with E-state index in [1.54, 1.807) is 7.11 Å². The number of hydrogen-bond acceptors (Lipinski definition) is 3. The lowest BCUT2D eigenvalue weighted by Crippen LogP contribution is -2.28. The van der Waals surface area contributed by atoms with Gasteiger partial charge in [0.05, 0.1) is 6.61 Å². The van der Waals surface area contributed by atoms with Crippen molar-refractivity contribution >= 4 is 27.3 Å². The number of halogens is 1.